The normalized spacial score (nSPS) is 12.5. The number of rotatable bonds is 8. The number of carbonyl (C=O) groups is 1. The van der Waals surface area contributed by atoms with Crippen molar-refractivity contribution in [2.45, 2.75) is 26.3 Å². The molecule has 0 radical (unpaired) electrons. The Balaban J connectivity index is 3.01. The minimum atomic E-state index is -0.461. The lowest BCUT2D eigenvalue weighted by Gasteiger charge is -2.24. The Bertz CT molecular complexity index is 491. The first kappa shape index (κ1) is 17.1. The number of likely N-dealkylation sites (N-methyl/N-ethyl adjacent to an activating group) is 1. The van der Waals surface area contributed by atoms with Crippen LogP contribution >= 0.6 is 0 Å². The number of aldehydes is 1. The number of anilines is 1. The molecule has 1 aromatic rings. The van der Waals surface area contributed by atoms with Crippen molar-refractivity contribution in [1.29, 1.82) is 0 Å². The Morgan fingerprint density at radius 3 is 2.52 bits per heavy atom. The van der Waals surface area contributed by atoms with Crippen LogP contribution in [0.3, 0.4) is 0 Å². The Morgan fingerprint density at radius 2 is 2.05 bits per heavy atom. The van der Waals surface area contributed by atoms with Crippen LogP contribution in [-0.4, -0.2) is 42.8 Å². The molecule has 0 aliphatic rings. The minimum absolute atomic E-state index is 0.0629. The van der Waals surface area contributed by atoms with E-state index in [1.807, 2.05) is 19.0 Å². The highest BCUT2D eigenvalue weighted by Crippen LogP contribution is 2.26. The van der Waals surface area contributed by atoms with Crippen molar-refractivity contribution in [3.8, 4) is 0 Å². The van der Waals surface area contributed by atoms with Gasteiger partial charge in [0, 0.05) is 24.2 Å². The molecule has 116 valence electrons. The molecule has 0 aliphatic heterocycles. The van der Waals surface area contributed by atoms with Crippen LogP contribution in [0.1, 0.15) is 30.6 Å². The molecule has 0 saturated carbocycles. The van der Waals surface area contributed by atoms with Crippen LogP contribution in [0.5, 0.6) is 0 Å². The molecular weight excluding hydrogens is 270 g/mol. The van der Waals surface area contributed by atoms with Crippen molar-refractivity contribution in [1.82, 2.24) is 4.90 Å². The maximum absolute atomic E-state index is 11.2. The fraction of sp³-hybridized carbons (Fsp3) is 0.533. The highest BCUT2D eigenvalue weighted by molar-refractivity contribution is 5.79. The van der Waals surface area contributed by atoms with E-state index in [2.05, 4.69) is 19.2 Å². The van der Waals surface area contributed by atoms with E-state index >= 15 is 0 Å². The molecule has 6 nitrogen and oxygen atoms in total. The van der Waals surface area contributed by atoms with E-state index in [1.54, 1.807) is 12.1 Å². The summed E-state index contributed by atoms with van der Waals surface area (Å²) in [6.07, 6.45) is 1.52. The Morgan fingerprint density at radius 1 is 1.38 bits per heavy atom. The molecule has 1 N–H and O–H groups in total. The third-order valence-electron chi connectivity index (χ3n) is 3.06. The van der Waals surface area contributed by atoms with Gasteiger partial charge in [-0.1, -0.05) is 13.8 Å². The first-order valence-electron chi connectivity index (χ1n) is 6.98. The zero-order valence-electron chi connectivity index (χ0n) is 13.0. The van der Waals surface area contributed by atoms with Crippen LogP contribution in [0.25, 0.3) is 0 Å². The van der Waals surface area contributed by atoms with Gasteiger partial charge in [0.25, 0.3) is 5.69 Å². The van der Waals surface area contributed by atoms with Gasteiger partial charge in [0.1, 0.15) is 12.0 Å². The lowest BCUT2D eigenvalue weighted by molar-refractivity contribution is -0.384. The van der Waals surface area contributed by atoms with Gasteiger partial charge in [-0.05, 0) is 38.6 Å². The van der Waals surface area contributed by atoms with E-state index in [9.17, 15) is 14.9 Å². The van der Waals surface area contributed by atoms with Crippen LogP contribution < -0.4 is 5.32 Å². The third kappa shape index (κ3) is 5.51. The van der Waals surface area contributed by atoms with E-state index in [4.69, 9.17) is 0 Å². The van der Waals surface area contributed by atoms with Gasteiger partial charge in [-0.3, -0.25) is 14.9 Å². The van der Waals surface area contributed by atoms with E-state index in [0.29, 0.717) is 23.5 Å². The van der Waals surface area contributed by atoms with Crippen molar-refractivity contribution in [2.24, 2.45) is 5.92 Å². The van der Waals surface area contributed by atoms with Gasteiger partial charge in [0.2, 0.25) is 0 Å². The van der Waals surface area contributed by atoms with Gasteiger partial charge in [-0.2, -0.15) is 0 Å². The quantitative estimate of drug-likeness (QED) is 0.453. The first-order valence-corrected chi connectivity index (χ1v) is 6.98. The average molecular weight is 293 g/mol. The predicted molar refractivity (Wildman–Crippen MR) is 83.9 cm³/mol. The predicted octanol–water partition coefficient (Wildman–Crippen LogP) is 2.80. The molecule has 0 amide bonds. The Kier molecular flexibility index (Phi) is 6.30. The molecule has 0 aromatic heterocycles. The molecular formula is C15H23N3O3. The van der Waals surface area contributed by atoms with Crippen LogP contribution in [0.4, 0.5) is 11.4 Å². The number of hydrogen-bond donors (Lipinski definition) is 1. The summed E-state index contributed by atoms with van der Waals surface area (Å²) in [7, 11) is 3.94. The fourth-order valence-electron chi connectivity index (χ4n) is 2.30. The summed E-state index contributed by atoms with van der Waals surface area (Å²) < 4.78 is 0. The van der Waals surface area contributed by atoms with Crippen molar-refractivity contribution in [2.75, 3.05) is 26.0 Å². The number of nitrogens with zero attached hydrogens (tertiary/aromatic N) is 2. The van der Waals surface area contributed by atoms with Crippen molar-refractivity contribution in [3.05, 3.63) is 33.9 Å². The maximum atomic E-state index is 11.2. The third-order valence-corrected chi connectivity index (χ3v) is 3.06. The van der Waals surface area contributed by atoms with Crippen molar-refractivity contribution >= 4 is 17.7 Å². The number of nitrogens with one attached hydrogen (secondary N) is 1. The van der Waals surface area contributed by atoms with Crippen LogP contribution in [0.15, 0.2) is 18.2 Å². The summed E-state index contributed by atoms with van der Waals surface area (Å²) in [5.41, 5.74) is 0.700. The van der Waals surface area contributed by atoms with Gasteiger partial charge in [-0.25, -0.2) is 0 Å². The summed E-state index contributed by atoms with van der Waals surface area (Å²) in [6, 6.07) is 4.60. The number of nitro groups is 1. The topological polar surface area (TPSA) is 75.5 Å². The minimum Gasteiger partial charge on any atom is -0.375 e. The summed E-state index contributed by atoms with van der Waals surface area (Å²) in [4.78, 5) is 23.5. The number of carbonyl (C=O) groups excluding carboxylic acids is 1. The summed E-state index contributed by atoms with van der Waals surface area (Å²) >= 11 is 0. The average Bonchev–Trinajstić information content (AvgIpc) is 2.37. The molecule has 0 aliphatic carbocycles. The molecule has 1 atom stereocenters. The summed E-state index contributed by atoms with van der Waals surface area (Å²) in [5.74, 6) is 0.482. The standard InChI is InChI=1S/C15H23N3O3/c1-11(2)7-13(9-17(3)4)16-14-6-5-12(10-19)8-15(14)18(20)21/h5-6,8,10-11,13,16H,7,9H2,1-4H3. The maximum Gasteiger partial charge on any atom is 0.293 e. The van der Waals surface area contributed by atoms with Gasteiger partial charge < -0.3 is 10.2 Å². The number of nitro benzene ring substituents is 1. The molecule has 1 aromatic carbocycles. The molecule has 1 rings (SSSR count). The lowest BCUT2D eigenvalue weighted by Crippen LogP contribution is -2.33. The second-order valence-electron chi connectivity index (χ2n) is 5.88. The van der Waals surface area contributed by atoms with E-state index < -0.39 is 4.92 Å². The SMILES string of the molecule is CC(C)CC(CN(C)C)Nc1ccc(C=O)cc1[N+](=O)[O-]. The molecule has 0 saturated heterocycles. The largest absolute Gasteiger partial charge is 0.375 e. The molecule has 6 heteroatoms. The monoisotopic (exact) mass is 293 g/mol. The van der Waals surface area contributed by atoms with Gasteiger partial charge >= 0.3 is 0 Å². The van der Waals surface area contributed by atoms with Crippen LogP contribution in [0.2, 0.25) is 0 Å². The van der Waals surface area contributed by atoms with Crippen molar-refractivity contribution < 1.29 is 9.72 Å². The fourth-order valence-corrected chi connectivity index (χ4v) is 2.30. The highest BCUT2D eigenvalue weighted by Gasteiger charge is 2.19. The second kappa shape index (κ2) is 7.73. The van der Waals surface area contributed by atoms with E-state index in [-0.39, 0.29) is 11.7 Å². The molecule has 1 unspecified atom stereocenters. The number of hydrogen-bond acceptors (Lipinski definition) is 5. The van der Waals surface area contributed by atoms with Crippen LogP contribution in [-0.2, 0) is 0 Å². The van der Waals surface area contributed by atoms with Crippen molar-refractivity contribution in [3.63, 3.8) is 0 Å². The molecule has 0 fully saturated rings. The molecule has 21 heavy (non-hydrogen) atoms. The van der Waals surface area contributed by atoms with E-state index in [0.717, 1.165) is 13.0 Å². The van der Waals surface area contributed by atoms with Crippen LogP contribution in [0, 0.1) is 16.0 Å². The second-order valence-corrected chi connectivity index (χ2v) is 5.88. The Labute approximate surface area is 125 Å². The molecule has 0 spiro atoms. The smallest absolute Gasteiger partial charge is 0.293 e. The number of benzene rings is 1. The van der Waals surface area contributed by atoms with E-state index in [1.165, 1.54) is 6.07 Å². The van der Waals surface area contributed by atoms with Gasteiger partial charge in [0.15, 0.2) is 0 Å². The Hall–Kier alpha value is -1.95. The highest BCUT2D eigenvalue weighted by atomic mass is 16.6. The zero-order valence-corrected chi connectivity index (χ0v) is 13.0. The zero-order chi connectivity index (χ0) is 16.0. The van der Waals surface area contributed by atoms with Gasteiger partial charge in [0.05, 0.1) is 4.92 Å². The first-order chi connectivity index (χ1) is 9.83. The summed E-state index contributed by atoms with van der Waals surface area (Å²) in [5, 5.41) is 14.4. The molecule has 0 heterocycles. The van der Waals surface area contributed by atoms with Gasteiger partial charge in [-0.15, -0.1) is 0 Å². The summed E-state index contributed by atoms with van der Waals surface area (Å²) in [6.45, 7) is 5.02. The molecule has 0 bridgehead atoms. The lowest BCUT2D eigenvalue weighted by atomic mass is 10.0.